The van der Waals surface area contributed by atoms with E-state index in [0.717, 1.165) is 17.7 Å². The number of likely N-dealkylation sites (tertiary alicyclic amines) is 1. The van der Waals surface area contributed by atoms with E-state index in [0.29, 0.717) is 31.9 Å². The van der Waals surface area contributed by atoms with E-state index < -0.39 is 0 Å². The Kier molecular flexibility index (Phi) is 3.47. The molecule has 0 aliphatic carbocycles. The topological polar surface area (TPSA) is 46.6 Å². The smallest absolute Gasteiger partial charge is 0.233 e. The third-order valence-electron chi connectivity index (χ3n) is 4.33. The number of fused-ring (bicyclic) bond motifs is 1. The van der Waals surface area contributed by atoms with Crippen molar-refractivity contribution in [1.82, 2.24) is 4.90 Å². The second-order valence-corrected chi connectivity index (χ2v) is 5.51. The zero-order valence-corrected chi connectivity index (χ0v) is 11.7. The number of ketones is 1. The molecule has 0 spiro atoms. The molecular weight excluding hydrogens is 254 g/mol. The third kappa shape index (κ3) is 2.19. The maximum atomic E-state index is 12.7. The molecule has 4 heteroatoms. The van der Waals surface area contributed by atoms with E-state index in [1.165, 1.54) is 0 Å². The monoisotopic (exact) mass is 273 g/mol. The molecule has 2 aliphatic rings. The van der Waals surface area contributed by atoms with Gasteiger partial charge < -0.3 is 9.64 Å². The fourth-order valence-corrected chi connectivity index (χ4v) is 3.05. The molecule has 4 nitrogen and oxygen atoms in total. The molecule has 2 atom stereocenters. The first-order valence-electron chi connectivity index (χ1n) is 7.24. The molecule has 3 rings (SSSR count). The van der Waals surface area contributed by atoms with Gasteiger partial charge in [0.25, 0.3) is 0 Å². The Hall–Kier alpha value is -1.84. The third-order valence-corrected chi connectivity index (χ3v) is 4.33. The largest absolute Gasteiger partial charge is 0.492 e. The van der Waals surface area contributed by atoms with Crippen LogP contribution >= 0.6 is 0 Å². The number of rotatable bonds is 2. The van der Waals surface area contributed by atoms with E-state index in [1.54, 1.807) is 0 Å². The minimum absolute atomic E-state index is 0.00488. The standard InChI is InChI=1S/C16H19NO3/c1-2-11-9-17(8-7-14(11)18)16(19)13-10-20-15-6-4-3-5-12(13)15/h3-6,11,13H,2,7-10H2,1H3. The summed E-state index contributed by atoms with van der Waals surface area (Å²) in [6.45, 7) is 3.53. The molecular formula is C16H19NO3. The number of nitrogens with zero attached hydrogens (tertiary/aromatic N) is 1. The van der Waals surface area contributed by atoms with Gasteiger partial charge in [-0.3, -0.25) is 9.59 Å². The van der Waals surface area contributed by atoms with Crippen LogP contribution in [-0.4, -0.2) is 36.3 Å². The SMILES string of the molecule is CCC1CN(C(=O)C2COc3ccccc32)CCC1=O. The second-order valence-electron chi connectivity index (χ2n) is 5.51. The number of piperidine rings is 1. The molecule has 0 saturated carbocycles. The zero-order chi connectivity index (χ0) is 14.1. The van der Waals surface area contributed by atoms with Crippen LogP contribution in [0.15, 0.2) is 24.3 Å². The van der Waals surface area contributed by atoms with Crippen molar-refractivity contribution in [2.75, 3.05) is 19.7 Å². The lowest BCUT2D eigenvalue weighted by Crippen LogP contribution is -2.46. The number of para-hydroxylation sites is 1. The zero-order valence-electron chi connectivity index (χ0n) is 11.7. The first-order chi connectivity index (χ1) is 9.70. The second kappa shape index (κ2) is 5.27. The van der Waals surface area contributed by atoms with Crippen LogP contribution in [0.1, 0.15) is 31.2 Å². The summed E-state index contributed by atoms with van der Waals surface area (Å²) in [6.07, 6.45) is 1.29. The molecule has 0 bridgehead atoms. The van der Waals surface area contributed by atoms with E-state index in [4.69, 9.17) is 4.74 Å². The quantitative estimate of drug-likeness (QED) is 0.828. The molecule has 1 amide bonds. The van der Waals surface area contributed by atoms with Gasteiger partial charge in [0.1, 0.15) is 24.1 Å². The number of carbonyl (C=O) groups is 2. The summed E-state index contributed by atoms with van der Waals surface area (Å²) in [5, 5.41) is 0. The number of ether oxygens (including phenoxy) is 1. The van der Waals surface area contributed by atoms with Crippen molar-refractivity contribution in [3.8, 4) is 5.75 Å². The van der Waals surface area contributed by atoms with Gasteiger partial charge in [0, 0.05) is 31.0 Å². The van der Waals surface area contributed by atoms with Crippen molar-refractivity contribution in [2.45, 2.75) is 25.7 Å². The summed E-state index contributed by atoms with van der Waals surface area (Å²) in [5.41, 5.74) is 0.974. The molecule has 106 valence electrons. The highest BCUT2D eigenvalue weighted by atomic mass is 16.5. The van der Waals surface area contributed by atoms with Gasteiger partial charge >= 0.3 is 0 Å². The first kappa shape index (κ1) is 13.2. The van der Waals surface area contributed by atoms with E-state index in [2.05, 4.69) is 0 Å². The van der Waals surface area contributed by atoms with Crippen molar-refractivity contribution in [2.24, 2.45) is 5.92 Å². The predicted molar refractivity (Wildman–Crippen MR) is 74.7 cm³/mol. The Morgan fingerprint density at radius 3 is 3.00 bits per heavy atom. The van der Waals surface area contributed by atoms with E-state index in [-0.39, 0.29) is 17.7 Å². The Bertz CT molecular complexity index is 540. The summed E-state index contributed by atoms with van der Waals surface area (Å²) in [7, 11) is 0. The molecule has 2 unspecified atom stereocenters. The van der Waals surface area contributed by atoms with Crippen LogP contribution in [0.5, 0.6) is 5.75 Å². The highest BCUT2D eigenvalue weighted by molar-refractivity contribution is 5.89. The average molecular weight is 273 g/mol. The van der Waals surface area contributed by atoms with E-state index in [1.807, 2.05) is 36.1 Å². The Morgan fingerprint density at radius 1 is 1.40 bits per heavy atom. The van der Waals surface area contributed by atoms with E-state index in [9.17, 15) is 9.59 Å². The average Bonchev–Trinajstić information content (AvgIpc) is 2.91. The lowest BCUT2D eigenvalue weighted by atomic mass is 9.92. The Labute approximate surface area is 118 Å². The Balaban J connectivity index is 1.76. The molecule has 1 aromatic rings. The molecule has 0 radical (unpaired) electrons. The highest BCUT2D eigenvalue weighted by Crippen LogP contribution is 2.35. The summed E-state index contributed by atoms with van der Waals surface area (Å²) >= 11 is 0. The van der Waals surface area contributed by atoms with Gasteiger partial charge in [0.05, 0.1) is 0 Å². The summed E-state index contributed by atoms with van der Waals surface area (Å²) < 4.78 is 5.58. The molecule has 0 aromatic heterocycles. The van der Waals surface area contributed by atoms with Crippen LogP contribution in [0.2, 0.25) is 0 Å². The number of hydrogen-bond acceptors (Lipinski definition) is 3. The van der Waals surface area contributed by atoms with Crippen LogP contribution in [0, 0.1) is 5.92 Å². The lowest BCUT2D eigenvalue weighted by molar-refractivity contribution is -0.138. The molecule has 1 aromatic carbocycles. The van der Waals surface area contributed by atoms with Crippen molar-refractivity contribution >= 4 is 11.7 Å². The van der Waals surface area contributed by atoms with Crippen LogP contribution < -0.4 is 4.74 Å². The van der Waals surface area contributed by atoms with Crippen LogP contribution in [0.4, 0.5) is 0 Å². The lowest BCUT2D eigenvalue weighted by Gasteiger charge is -2.32. The van der Waals surface area contributed by atoms with Crippen molar-refractivity contribution < 1.29 is 14.3 Å². The minimum Gasteiger partial charge on any atom is -0.492 e. The molecule has 1 saturated heterocycles. The van der Waals surface area contributed by atoms with Gasteiger partial charge in [-0.1, -0.05) is 25.1 Å². The van der Waals surface area contributed by atoms with Crippen LogP contribution in [0.3, 0.4) is 0 Å². The van der Waals surface area contributed by atoms with Gasteiger partial charge in [-0.2, -0.15) is 0 Å². The first-order valence-corrected chi connectivity index (χ1v) is 7.24. The normalized spacial score (nSPS) is 25.2. The minimum atomic E-state index is -0.211. The van der Waals surface area contributed by atoms with Crippen LogP contribution in [-0.2, 0) is 9.59 Å². The number of carbonyl (C=O) groups excluding carboxylic acids is 2. The number of benzene rings is 1. The maximum Gasteiger partial charge on any atom is 0.233 e. The van der Waals surface area contributed by atoms with Gasteiger partial charge in [-0.25, -0.2) is 0 Å². The predicted octanol–water partition coefficient (Wildman–Crippen LogP) is 1.99. The van der Waals surface area contributed by atoms with Gasteiger partial charge in [0.2, 0.25) is 5.91 Å². The van der Waals surface area contributed by atoms with Crippen LogP contribution in [0.25, 0.3) is 0 Å². The van der Waals surface area contributed by atoms with Crippen molar-refractivity contribution in [3.63, 3.8) is 0 Å². The molecule has 2 heterocycles. The maximum absolute atomic E-state index is 12.7. The molecule has 2 aliphatic heterocycles. The highest BCUT2D eigenvalue weighted by Gasteiger charge is 2.36. The summed E-state index contributed by atoms with van der Waals surface area (Å²) in [5.74, 6) is 0.994. The van der Waals surface area contributed by atoms with Gasteiger partial charge in [0.15, 0.2) is 0 Å². The van der Waals surface area contributed by atoms with E-state index >= 15 is 0 Å². The number of Topliss-reactive ketones (excluding diaryl/α,β-unsaturated/α-hetero) is 1. The number of amides is 1. The molecule has 20 heavy (non-hydrogen) atoms. The summed E-state index contributed by atoms with van der Waals surface area (Å²) in [6, 6.07) is 7.70. The van der Waals surface area contributed by atoms with Gasteiger partial charge in [-0.05, 0) is 12.5 Å². The fraction of sp³-hybridized carbons (Fsp3) is 0.500. The molecule has 0 N–H and O–H groups in total. The summed E-state index contributed by atoms with van der Waals surface area (Å²) in [4.78, 5) is 26.3. The Morgan fingerprint density at radius 2 is 2.20 bits per heavy atom. The van der Waals surface area contributed by atoms with Crippen molar-refractivity contribution in [1.29, 1.82) is 0 Å². The molecule has 1 fully saturated rings. The van der Waals surface area contributed by atoms with Gasteiger partial charge in [-0.15, -0.1) is 0 Å². The van der Waals surface area contributed by atoms with Crippen molar-refractivity contribution in [3.05, 3.63) is 29.8 Å². The fourth-order valence-electron chi connectivity index (χ4n) is 3.05. The number of hydrogen-bond donors (Lipinski definition) is 0.